The maximum absolute atomic E-state index is 2.41. The Bertz CT molecular complexity index is 404. The van der Waals surface area contributed by atoms with E-state index in [0.717, 1.165) is 6.42 Å². The van der Waals surface area contributed by atoms with E-state index in [-0.39, 0.29) is 5.41 Å². The van der Waals surface area contributed by atoms with Crippen molar-refractivity contribution in [1.29, 1.82) is 0 Å². The van der Waals surface area contributed by atoms with Crippen molar-refractivity contribution < 1.29 is 0 Å². The van der Waals surface area contributed by atoms with E-state index in [1.807, 2.05) is 0 Å². The molecule has 0 aliphatic heterocycles. The minimum Gasteiger partial charge on any atom is -0.0770 e. The SMILES string of the molecule is CCC1=C(C2(C)C=CC(C)=C2)C(CC)C=C1. The summed E-state index contributed by atoms with van der Waals surface area (Å²) in [4.78, 5) is 0. The lowest BCUT2D eigenvalue weighted by molar-refractivity contribution is 0.560. The molecule has 2 rings (SSSR count). The van der Waals surface area contributed by atoms with Crippen LogP contribution in [0.2, 0.25) is 0 Å². The lowest BCUT2D eigenvalue weighted by atomic mass is 9.75. The first-order chi connectivity index (χ1) is 7.60. The van der Waals surface area contributed by atoms with Crippen LogP contribution in [0.25, 0.3) is 0 Å². The first-order valence-electron chi connectivity index (χ1n) is 6.41. The fourth-order valence-electron chi connectivity index (χ4n) is 3.09. The van der Waals surface area contributed by atoms with E-state index >= 15 is 0 Å². The minimum absolute atomic E-state index is 0.166. The molecule has 0 bridgehead atoms. The van der Waals surface area contributed by atoms with Gasteiger partial charge in [0, 0.05) is 5.41 Å². The third-order valence-electron chi connectivity index (χ3n) is 3.87. The van der Waals surface area contributed by atoms with Gasteiger partial charge in [-0.05, 0) is 43.8 Å². The van der Waals surface area contributed by atoms with Crippen LogP contribution in [0.15, 0.2) is 47.1 Å². The number of allylic oxidation sites excluding steroid dienone is 8. The zero-order chi connectivity index (χ0) is 11.8. The minimum atomic E-state index is 0.166. The zero-order valence-corrected chi connectivity index (χ0v) is 10.9. The van der Waals surface area contributed by atoms with Gasteiger partial charge in [0.2, 0.25) is 0 Å². The molecule has 0 nitrogen and oxygen atoms in total. The summed E-state index contributed by atoms with van der Waals surface area (Å²) < 4.78 is 0. The molecule has 0 aromatic heterocycles. The van der Waals surface area contributed by atoms with Crippen molar-refractivity contribution in [3.8, 4) is 0 Å². The molecule has 2 unspecified atom stereocenters. The van der Waals surface area contributed by atoms with Crippen molar-refractivity contribution >= 4 is 0 Å². The standard InChI is InChI=1S/C16H22/c1-5-13-7-8-14(6-2)15(13)16(4)10-9-12(3)11-16/h7-11,13H,5-6H2,1-4H3. The van der Waals surface area contributed by atoms with E-state index in [2.05, 4.69) is 58.1 Å². The van der Waals surface area contributed by atoms with Crippen LogP contribution in [0, 0.1) is 11.3 Å². The Morgan fingerprint density at radius 3 is 2.50 bits per heavy atom. The molecule has 0 N–H and O–H groups in total. The lowest BCUT2D eigenvalue weighted by Crippen LogP contribution is -2.17. The molecule has 86 valence electrons. The average molecular weight is 214 g/mol. The topological polar surface area (TPSA) is 0 Å². The van der Waals surface area contributed by atoms with Gasteiger partial charge in [-0.2, -0.15) is 0 Å². The number of rotatable bonds is 3. The molecule has 0 aromatic carbocycles. The Labute approximate surface area is 99.4 Å². The summed E-state index contributed by atoms with van der Waals surface area (Å²) in [6, 6.07) is 0. The van der Waals surface area contributed by atoms with Crippen molar-refractivity contribution in [3.05, 3.63) is 47.1 Å². The van der Waals surface area contributed by atoms with Gasteiger partial charge in [-0.1, -0.05) is 49.8 Å². The highest BCUT2D eigenvalue weighted by atomic mass is 14.4. The van der Waals surface area contributed by atoms with E-state index in [0.29, 0.717) is 5.92 Å². The van der Waals surface area contributed by atoms with Crippen LogP contribution < -0.4 is 0 Å². The highest BCUT2D eigenvalue weighted by Gasteiger charge is 2.33. The van der Waals surface area contributed by atoms with E-state index in [4.69, 9.17) is 0 Å². The second kappa shape index (κ2) is 4.08. The van der Waals surface area contributed by atoms with Crippen LogP contribution in [0.3, 0.4) is 0 Å². The van der Waals surface area contributed by atoms with E-state index < -0.39 is 0 Å². The van der Waals surface area contributed by atoms with Crippen molar-refractivity contribution in [1.82, 2.24) is 0 Å². The maximum atomic E-state index is 2.41. The van der Waals surface area contributed by atoms with Crippen LogP contribution in [0.4, 0.5) is 0 Å². The molecule has 0 saturated carbocycles. The fraction of sp³-hybridized carbons (Fsp3) is 0.500. The molecule has 2 aliphatic carbocycles. The summed E-state index contributed by atoms with van der Waals surface area (Å²) in [5.74, 6) is 0.645. The molecule has 0 fully saturated rings. The molecular weight excluding hydrogens is 192 g/mol. The van der Waals surface area contributed by atoms with Gasteiger partial charge in [0.05, 0.1) is 0 Å². The van der Waals surface area contributed by atoms with E-state index in [9.17, 15) is 0 Å². The van der Waals surface area contributed by atoms with Gasteiger partial charge >= 0.3 is 0 Å². The van der Waals surface area contributed by atoms with Gasteiger partial charge in [-0.15, -0.1) is 0 Å². The lowest BCUT2D eigenvalue weighted by Gasteiger charge is -2.28. The third kappa shape index (κ3) is 1.71. The second-order valence-corrected chi connectivity index (χ2v) is 5.17. The van der Waals surface area contributed by atoms with Gasteiger partial charge in [0.1, 0.15) is 0 Å². The van der Waals surface area contributed by atoms with Crippen LogP contribution in [0.1, 0.15) is 40.5 Å². The molecule has 0 amide bonds. The summed E-state index contributed by atoms with van der Waals surface area (Å²) >= 11 is 0. The molecule has 0 heterocycles. The Morgan fingerprint density at radius 2 is 2.00 bits per heavy atom. The molecular formula is C16H22. The van der Waals surface area contributed by atoms with Crippen molar-refractivity contribution in [3.63, 3.8) is 0 Å². The smallest absolute Gasteiger partial charge is 0.0263 e. The quantitative estimate of drug-likeness (QED) is 0.632. The molecule has 0 saturated heterocycles. The highest BCUT2D eigenvalue weighted by Crippen LogP contribution is 2.46. The van der Waals surface area contributed by atoms with Crippen LogP contribution >= 0.6 is 0 Å². The molecule has 16 heavy (non-hydrogen) atoms. The first kappa shape index (κ1) is 11.4. The second-order valence-electron chi connectivity index (χ2n) is 5.17. The van der Waals surface area contributed by atoms with Gasteiger partial charge in [0.15, 0.2) is 0 Å². The molecule has 2 atom stereocenters. The fourth-order valence-corrected chi connectivity index (χ4v) is 3.09. The first-order valence-corrected chi connectivity index (χ1v) is 6.41. The summed E-state index contributed by atoms with van der Waals surface area (Å²) in [6.07, 6.45) is 14.1. The Balaban J connectivity index is 2.43. The van der Waals surface area contributed by atoms with Gasteiger partial charge in [0.25, 0.3) is 0 Å². The number of hydrogen-bond acceptors (Lipinski definition) is 0. The highest BCUT2D eigenvalue weighted by molar-refractivity contribution is 5.49. The molecule has 0 radical (unpaired) electrons. The Morgan fingerprint density at radius 1 is 1.25 bits per heavy atom. The zero-order valence-electron chi connectivity index (χ0n) is 10.9. The Kier molecular flexibility index (Phi) is 2.92. The maximum Gasteiger partial charge on any atom is 0.0263 e. The van der Waals surface area contributed by atoms with Crippen LogP contribution in [-0.4, -0.2) is 0 Å². The van der Waals surface area contributed by atoms with Gasteiger partial charge in [-0.3, -0.25) is 0 Å². The van der Waals surface area contributed by atoms with Crippen molar-refractivity contribution in [2.75, 3.05) is 0 Å². The van der Waals surface area contributed by atoms with Gasteiger partial charge < -0.3 is 0 Å². The largest absolute Gasteiger partial charge is 0.0770 e. The summed E-state index contributed by atoms with van der Waals surface area (Å²) in [5.41, 5.74) is 4.74. The Hall–Kier alpha value is -1.04. The summed E-state index contributed by atoms with van der Waals surface area (Å²) in [6.45, 7) is 9.08. The molecule has 2 aliphatic rings. The number of hydrogen-bond donors (Lipinski definition) is 0. The monoisotopic (exact) mass is 214 g/mol. The predicted molar refractivity (Wildman–Crippen MR) is 71.2 cm³/mol. The molecule has 0 aromatic rings. The third-order valence-corrected chi connectivity index (χ3v) is 3.87. The van der Waals surface area contributed by atoms with Gasteiger partial charge in [-0.25, -0.2) is 0 Å². The van der Waals surface area contributed by atoms with E-state index in [1.165, 1.54) is 12.0 Å². The summed E-state index contributed by atoms with van der Waals surface area (Å²) in [7, 11) is 0. The van der Waals surface area contributed by atoms with Crippen molar-refractivity contribution in [2.45, 2.75) is 40.5 Å². The molecule has 0 spiro atoms. The normalized spacial score (nSPS) is 32.8. The predicted octanol–water partition coefficient (Wildman–Crippen LogP) is 4.81. The van der Waals surface area contributed by atoms with Crippen molar-refractivity contribution in [2.24, 2.45) is 11.3 Å². The molecule has 0 heteroatoms. The summed E-state index contributed by atoms with van der Waals surface area (Å²) in [5, 5.41) is 0. The van der Waals surface area contributed by atoms with Crippen LogP contribution in [0.5, 0.6) is 0 Å². The van der Waals surface area contributed by atoms with Crippen LogP contribution in [-0.2, 0) is 0 Å². The average Bonchev–Trinajstić information content (AvgIpc) is 2.82. The van der Waals surface area contributed by atoms with E-state index in [1.54, 1.807) is 11.1 Å².